The lowest BCUT2D eigenvalue weighted by Gasteiger charge is -2.21. The van der Waals surface area contributed by atoms with Crippen LogP contribution in [0.15, 0.2) is 18.2 Å². The molecule has 2 atom stereocenters. The summed E-state index contributed by atoms with van der Waals surface area (Å²) in [6.45, 7) is 4.03. The zero-order valence-corrected chi connectivity index (χ0v) is 12.5. The van der Waals surface area contributed by atoms with Crippen LogP contribution in [0.5, 0.6) is 0 Å². The second kappa shape index (κ2) is 6.43. The molecule has 1 aromatic rings. The Labute approximate surface area is 125 Å². The minimum atomic E-state index is -0.631. The Hall–Kier alpha value is -1.63. The number of carbonyl (C=O) groups is 2. The van der Waals surface area contributed by atoms with Crippen LogP contribution >= 0.6 is 11.8 Å². The van der Waals surface area contributed by atoms with Crippen molar-refractivity contribution < 1.29 is 18.4 Å². The highest BCUT2D eigenvalue weighted by Gasteiger charge is 2.31. The molecule has 1 aliphatic rings. The van der Waals surface area contributed by atoms with Crippen LogP contribution in [0.2, 0.25) is 0 Å². The Morgan fingerprint density at radius 2 is 1.95 bits per heavy atom. The van der Waals surface area contributed by atoms with E-state index in [1.807, 2.05) is 0 Å². The fourth-order valence-electron chi connectivity index (χ4n) is 2.23. The van der Waals surface area contributed by atoms with Crippen molar-refractivity contribution in [1.82, 2.24) is 10.2 Å². The van der Waals surface area contributed by atoms with Crippen molar-refractivity contribution in [2.45, 2.75) is 24.3 Å². The van der Waals surface area contributed by atoms with Crippen molar-refractivity contribution in [1.29, 1.82) is 0 Å². The highest BCUT2D eigenvalue weighted by Crippen LogP contribution is 2.35. The van der Waals surface area contributed by atoms with Gasteiger partial charge in [-0.05, 0) is 26.0 Å². The molecule has 1 fully saturated rings. The Balaban J connectivity index is 2.07. The molecule has 4 nitrogen and oxygen atoms in total. The number of benzene rings is 1. The third kappa shape index (κ3) is 3.34. The van der Waals surface area contributed by atoms with Crippen LogP contribution < -0.4 is 5.32 Å². The molecule has 0 aliphatic carbocycles. The van der Waals surface area contributed by atoms with Gasteiger partial charge in [0, 0.05) is 23.9 Å². The number of carbonyl (C=O) groups excluding carboxylic acids is 2. The van der Waals surface area contributed by atoms with Crippen molar-refractivity contribution in [3.63, 3.8) is 0 Å². The molecule has 0 spiro atoms. The number of amides is 3. The molecule has 1 saturated heterocycles. The zero-order chi connectivity index (χ0) is 15.6. The first kappa shape index (κ1) is 15.8. The van der Waals surface area contributed by atoms with Crippen molar-refractivity contribution in [2.24, 2.45) is 0 Å². The van der Waals surface area contributed by atoms with Gasteiger partial charge in [0.05, 0.1) is 5.25 Å². The average molecular weight is 314 g/mol. The molecule has 0 radical (unpaired) electrons. The van der Waals surface area contributed by atoms with E-state index in [4.69, 9.17) is 0 Å². The summed E-state index contributed by atoms with van der Waals surface area (Å²) in [6, 6.07) is 3.26. The van der Waals surface area contributed by atoms with E-state index in [0.29, 0.717) is 13.1 Å². The van der Waals surface area contributed by atoms with E-state index in [2.05, 4.69) is 5.32 Å². The smallest absolute Gasteiger partial charge is 0.324 e. The van der Waals surface area contributed by atoms with Crippen LogP contribution in [0.3, 0.4) is 0 Å². The first-order valence-corrected chi connectivity index (χ1v) is 7.54. The number of thioether (sulfide) groups is 1. The normalized spacial score (nSPS) is 17.5. The molecule has 0 aromatic heterocycles. The summed E-state index contributed by atoms with van der Waals surface area (Å²) in [6.07, 6.45) is 0. The van der Waals surface area contributed by atoms with E-state index in [-0.39, 0.29) is 11.5 Å². The van der Waals surface area contributed by atoms with Crippen LogP contribution in [-0.2, 0) is 4.79 Å². The second-order valence-electron chi connectivity index (χ2n) is 4.78. The molecule has 0 unspecified atom stereocenters. The van der Waals surface area contributed by atoms with E-state index >= 15 is 0 Å². The standard InChI is InChI=1S/C14H16F2N2O2S/c1-8(12-10(15)4-3-5-11(12)16)21-9(2)13(19)18-7-6-17-14(18)20/h3-5,8-9H,6-7H2,1-2H3,(H,17,20)/t8-,9-/m1/s1. The Morgan fingerprint density at radius 1 is 1.33 bits per heavy atom. The number of hydrogen-bond donors (Lipinski definition) is 1. The number of hydrogen-bond acceptors (Lipinski definition) is 3. The third-order valence-corrected chi connectivity index (χ3v) is 4.54. The summed E-state index contributed by atoms with van der Waals surface area (Å²) in [4.78, 5) is 24.7. The summed E-state index contributed by atoms with van der Waals surface area (Å²) in [5, 5.41) is 1.45. The molecule has 1 heterocycles. The Morgan fingerprint density at radius 3 is 2.48 bits per heavy atom. The SMILES string of the molecule is C[C@@H](S[C@H](C)c1c(F)cccc1F)C(=O)N1CCNC1=O. The van der Waals surface area contributed by atoms with E-state index in [1.165, 1.54) is 18.2 Å². The number of halogens is 2. The molecule has 2 rings (SSSR count). The maximum Gasteiger partial charge on any atom is 0.324 e. The summed E-state index contributed by atoms with van der Waals surface area (Å²) >= 11 is 1.13. The van der Waals surface area contributed by atoms with Gasteiger partial charge in [-0.3, -0.25) is 9.69 Å². The molecule has 7 heteroatoms. The molecule has 1 N–H and O–H groups in total. The van der Waals surface area contributed by atoms with Crippen molar-refractivity contribution in [3.05, 3.63) is 35.4 Å². The van der Waals surface area contributed by atoms with E-state index in [9.17, 15) is 18.4 Å². The van der Waals surface area contributed by atoms with Crippen LogP contribution in [0, 0.1) is 11.6 Å². The second-order valence-corrected chi connectivity index (χ2v) is 6.46. The first-order chi connectivity index (χ1) is 9.91. The predicted molar refractivity (Wildman–Crippen MR) is 76.9 cm³/mol. The fraction of sp³-hybridized carbons (Fsp3) is 0.429. The van der Waals surface area contributed by atoms with Gasteiger partial charge in [-0.15, -0.1) is 11.8 Å². The Bertz CT molecular complexity index is 548. The first-order valence-electron chi connectivity index (χ1n) is 6.60. The topological polar surface area (TPSA) is 49.4 Å². The van der Waals surface area contributed by atoms with Gasteiger partial charge in [-0.1, -0.05) is 6.07 Å². The minimum Gasteiger partial charge on any atom is -0.336 e. The summed E-state index contributed by atoms with van der Waals surface area (Å²) < 4.78 is 27.4. The molecule has 1 aromatic carbocycles. The van der Waals surface area contributed by atoms with Crippen LogP contribution in [0.4, 0.5) is 13.6 Å². The van der Waals surface area contributed by atoms with Gasteiger partial charge in [0.2, 0.25) is 5.91 Å². The lowest BCUT2D eigenvalue weighted by molar-refractivity contribution is -0.126. The van der Waals surface area contributed by atoms with Gasteiger partial charge in [0.25, 0.3) is 0 Å². The Kier molecular flexibility index (Phi) is 4.82. The fourth-order valence-corrected chi connectivity index (χ4v) is 3.45. The van der Waals surface area contributed by atoms with Crippen molar-refractivity contribution >= 4 is 23.7 Å². The average Bonchev–Trinajstić information content (AvgIpc) is 2.83. The van der Waals surface area contributed by atoms with Gasteiger partial charge in [-0.2, -0.15) is 0 Å². The highest BCUT2D eigenvalue weighted by molar-refractivity contribution is 8.00. The maximum atomic E-state index is 13.7. The molecular formula is C14H16F2N2O2S. The molecule has 1 aliphatic heterocycles. The molecule has 0 saturated carbocycles. The maximum absolute atomic E-state index is 13.7. The van der Waals surface area contributed by atoms with E-state index in [1.54, 1.807) is 13.8 Å². The third-order valence-electron chi connectivity index (χ3n) is 3.29. The summed E-state index contributed by atoms with van der Waals surface area (Å²) in [7, 11) is 0. The van der Waals surface area contributed by atoms with Gasteiger partial charge < -0.3 is 5.32 Å². The van der Waals surface area contributed by atoms with Crippen LogP contribution in [0.25, 0.3) is 0 Å². The van der Waals surface area contributed by atoms with Gasteiger partial charge in [0.1, 0.15) is 11.6 Å². The van der Waals surface area contributed by atoms with Crippen molar-refractivity contribution in [3.8, 4) is 0 Å². The number of nitrogens with zero attached hydrogens (tertiary/aromatic N) is 1. The highest BCUT2D eigenvalue weighted by atomic mass is 32.2. The number of rotatable bonds is 4. The van der Waals surface area contributed by atoms with Crippen molar-refractivity contribution in [2.75, 3.05) is 13.1 Å². The lowest BCUT2D eigenvalue weighted by Crippen LogP contribution is -2.39. The van der Waals surface area contributed by atoms with Gasteiger partial charge >= 0.3 is 6.03 Å². The molecule has 21 heavy (non-hydrogen) atoms. The molecule has 114 valence electrons. The quantitative estimate of drug-likeness (QED) is 0.929. The van der Waals surface area contributed by atoms with E-state index in [0.717, 1.165) is 16.7 Å². The zero-order valence-electron chi connectivity index (χ0n) is 11.7. The molecule has 3 amide bonds. The number of nitrogens with one attached hydrogen (secondary N) is 1. The van der Waals surface area contributed by atoms with Gasteiger partial charge in [0.15, 0.2) is 0 Å². The van der Waals surface area contributed by atoms with Crippen LogP contribution in [-0.4, -0.2) is 35.2 Å². The number of urea groups is 1. The minimum absolute atomic E-state index is 0.0481. The largest absolute Gasteiger partial charge is 0.336 e. The van der Waals surface area contributed by atoms with Crippen LogP contribution in [0.1, 0.15) is 24.7 Å². The monoisotopic (exact) mass is 314 g/mol. The van der Waals surface area contributed by atoms with E-state index < -0.39 is 28.2 Å². The summed E-state index contributed by atoms with van der Waals surface area (Å²) in [5.41, 5.74) is -0.0481. The molecular weight excluding hydrogens is 298 g/mol. The summed E-state index contributed by atoms with van der Waals surface area (Å²) in [5.74, 6) is -1.61. The van der Waals surface area contributed by atoms with Gasteiger partial charge in [-0.25, -0.2) is 13.6 Å². The number of imide groups is 1. The lowest BCUT2D eigenvalue weighted by atomic mass is 10.1. The molecule has 0 bridgehead atoms. The predicted octanol–water partition coefficient (Wildman–Crippen LogP) is 2.70.